The van der Waals surface area contributed by atoms with E-state index >= 15 is 0 Å². The van der Waals surface area contributed by atoms with Gasteiger partial charge in [0, 0.05) is 38.8 Å². The second-order valence-corrected chi connectivity index (χ2v) is 14.0. The minimum Gasteiger partial charge on any atom is -0.393 e. The fourth-order valence-electron chi connectivity index (χ4n) is 10.1. The van der Waals surface area contributed by atoms with Crippen molar-refractivity contribution in [1.82, 2.24) is 14.9 Å². The Labute approximate surface area is 234 Å². The van der Waals surface area contributed by atoms with Gasteiger partial charge in [-0.3, -0.25) is 4.79 Å². The molecule has 0 spiro atoms. The maximum atomic E-state index is 13.2. The normalized spacial score (nSPS) is 38.9. The smallest absolute Gasteiger partial charge is 0.222 e. The first-order valence-corrected chi connectivity index (χ1v) is 15.7. The molecule has 214 valence electrons. The topological polar surface area (TPSA) is 95.6 Å². The van der Waals surface area contributed by atoms with Crippen molar-refractivity contribution in [1.29, 1.82) is 0 Å². The van der Waals surface area contributed by atoms with Crippen LogP contribution in [0.5, 0.6) is 0 Å². The Kier molecular flexibility index (Phi) is 7.18. The van der Waals surface area contributed by atoms with E-state index in [1.54, 1.807) is 11.8 Å². The number of nitrogens with zero attached hydrogens (tertiary/aromatic N) is 4. The third-order valence-electron chi connectivity index (χ3n) is 12.3. The Bertz CT molecular complexity index is 1100. The molecule has 1 saturated heterocycles. The Morgan fingerprint density at radius 2 is 1.92 bits per heavy atom. The summed E-state index contributed by atoms with van der Waals surface area (Å²) in [4.78, 5) is 25.8. The van der Waals surface area contributed by atoms with Crippen molar-refractivity contribution in [3.8, 4) is 0 Å². The van der Waals surface area contributed by atoms with E-state index in [4.69, 9.17) is 5.73 Å². The van der Waals surface area contributed by atoms with Crippen LogP contribution in [0, 0.1) is 40.4 Å². The van der Waals surface area contributed by atoms with Gasteiger partial charge < -0.3 is 20.6 Å². The summed E-state index contributed by atoms with van der Waals surface area (Å²) >= 11 is 0. The molecule has 3 N–H and O–H groups in total. The highest BCUT2D eigenvalue weighted by Crippen LogP contribution is 2.67. The zero-order chi connectivity index (χ0) is 27.4. The number of aliphatic hydroxyl groups is 1. The molecule has 1 aromatic heterocycles. The second kappa shape index (κ2) is 10.4. The van der Waals surface area contributed by atoms with Gasteiger partial charge in [-0.1, -0.05) is 32.4 Å². The third-order valence-corrected chi connectivity index (χ3v) is 12.3. The Hall–Kier alpha value is -2.15. The van der Waals surface area contributed by atoms with E-state index in [1.807, 2.05) is 11.0 Å². The minimum atomic E-state index is -0.129. The highest BCUT2D eigenvalue weighted by atomic mass is 16.3. The molecule has 7 nitrogen and oxygen atoms in total. The number of carbonyl (C=O) groups is 1. The summed E-state index contributed by atoms with van der Waals surface area (Å²) in [6, 6.07) is 1.89. The molecule has 8 atom stereocenters. The number of allylic oxidation sites excluding steroid dienone is 1. The molecular weight excluding hydrogens is 486 g/mol. The molecule has 0 bridgehead atoms. The predicted molar refractivity (Wildman–Crippen MR) is 155 cm³/mol. The van der Waals surface area contributed by atoms with E-state index in [0.717, 1.165) is 81.4 Å². The first-order valence-electron chi connectivity index (χ1n) is 15.7. The van der Waals surface area contributed by atoms with Crippen LogP contribution in [0.15, 0.2) is 23.9 Å². The van der Waals surface area contributed by atoms with Crippen molar-refractivity contribution in [3.05, 3.63) is 23.9 Å². The van der Waals surface area contributed by atoms with E-state index < -0.39 is 0 Å². The number of rotatable bonds is 5. The van der Waals surface area contributed by atoms with Gasteiger partial charge in [0.2, 0.25) is 11.9 Å². The first-order chi connectivity index (χ1) is 18.7. The van der Waals surface area contributed by atoms with Crippen molar-refractivity contribution >= 4 is 17.7 Å². The zero-order valence-electron chi connectivity index (χ0n) is 24.3. The molecule has 1 unspecified atom stereocenters. The van der Waals surface area contributed by atoms with Crippen LogP contribution in [0.4, 0.5) is 11.8 Å². The van der Waals surface area contributed by atoms with Crippen molar-refractivity contribution in [2.75, 3.05) is 36.8 Å². The molecule has 39 heavy (non-hydrogen) atoms. The van der Waals surface area contributed by atoms with Crippen LogP contribution < -0.4 is 10.6 Å². The Morgan fingerprint density at radius 3 is 2.69 bits per heavy atom. The number of anilines is 2. The van der Waals surface area contributed by atoms with Gasteiger partial charge in [-0.25, -0.2) is 4.98 Å². The lowest BCUT2D eigenvalue weighted by atomic mass is 9.47. The lowest BCUT2D eigenvalue weighted by Crippen LogP contribution is -2.51. The molecule has 3 saturated carbocycles. The number of aromatic nitrogens is 2. The van der Waals surface area contributed by atoms with Gasteiger partial charge in [0.25, 0.3) is 0 Å². The molecule has 1 amide bonds. The summed E-state index contributed by atoms with van der Waals surface area (Å²) < 4.78 is 0. The standard InChI is InChI=1S/C32H49N5O2/c1-21(4-9-29(39)37-18-16-36(17-19-37)28-12-15-34-30(33)35-28)25-7-8-26-24-6-5-22-20-23(38)10-13-31(22,2)27(24)11-14-32(25,26)3/h5,12,15,21,23-27,38H,4,6-11,13-14,16-20H2,1-3H3,(H2,33,34,35)/t21?,23-,24-,25+,26-,27-,31-,32+/m0/s1. The predicted octanol–water partition coefficient (Wildman–Crippen LogP) is 5.06. The molecule has 1 aromatic rings. The molecule has 2 heterocycles. The van der Waals surface area contributed by atoms with Crippen molar-refractivity contribution in [2.24, 2.45) is 40.4 Å². The third kappa shape index (κ3) is 4.76. The van der Waals surface area contributed by atoms with Gasteiger partial charge in [0.15, 0.2) is 0 Å². The number of fused-ring (bicyclic) bond motifs is 5. The van der Waals surface area contributed by atoms with Gasteiger partial charge in [-0.2, -0.15) is 4.98 Å². The molecule has 6 rings (SSSR count). The molecular formula is C32H49N5O2. The lowest BCUT2D eigenvalue weighted by Gasteiger charge is -2.58. The number of hydrogen-bond acceptors (Lipinski definition) is 6. The summed E-state index contributed by atoms with van der Waals surface area (Å²) in [5.74, 6) is 5.16. The van der Waals surface area contributed by atoms with Gasteiger partial charge in [0.05, 0.1) is 6.10 Å². The fourth-order valence-corrected chi connectivity index (χ4v) is 10.1. The fraction of sp³-hybridized carbons (Fsp3) is 0.781. The molecule has 4 aliphatic carbocycles. The van der Waals surface area contributed by atoms with E-state index in [2.05, 4.69) is 41.7 Å². The quantitative estimate of drug-likeness (QED) is 0.512. The second-order valence-electron chi connectivity index (χ2n) is 14.0. The molecule has 1 aliphatic heterocycles. The summed E-state index contributed by atoms with van der Waals surface area (Å²) in [5.41, 5.74) is 8.04. The van der Waals surface area contributed by atoms with Crippen LogP contribution >= 0.6 is 0 Å². The Morgan fingerprint density at radius 1 is 1.13 bits per heavy atom. The van der Waals surface area contributed by atoms with Gasteiger partial charge >= 0.3 is 0 Å². The number of piperazine rings is 1. The average molecular weight is 536 g/mol. The van der Waals surface area contributed by atoms with Crippen molar-refractivity contribution in [3.63, 3.8) is 0 Å². The summed E-state index contributed by atoms with van der Waals surface area (Å²) in [6.45, 7) is 10.6. The zero-order valence-corrected chi connectivity index (χ0v) is 24.3. The number of aliphatic hydroxyl groups excluding tert-OH is 1. The molecule has 4 fully saturated rings. The number of amides is 1. The maximum absolute atomic E-state index is 13.2. The van der Waals surface area contributed by atoms with Crippen LogP contribution in [0.1, 0.15) is 85.0 Å². The Balaban J connectivity index is 1.04. The summed E-state index contributed by atoms with van der Waals surface area (Å²) in [7, 11) is 0. The van der Waals surface area contributed by atoms with E-state index in [-0.39, 0.29) is 6.10 Å². The van der Waals surface area contributed by atoms with Crippen molar-refractivity contribution in [2.45, 2.75) is 91.1 Å². The van der Waals surface area contributed by atoms with Gasteiger partial charge in [-0.05, 0) is 104 Å². The molecule has 0 radical (unpaired) electrons. The molecule has 7 heteroatoms. The number of nitrogen functional groups attached to an aromatic ring is 1. The monoisotopic (exact) mass is 535 g/mol. The van der Waals surface area contributed by atoms with E-state index in [9.17, 15) is 9.90 Å². The minimum absolute atomic E-state index is 0.129. The average Bonchev–Trinajstić information content (AvgIpc) is 3.29. The maximum Gasteiger partial charge on any atom is 0.222 e. The van der Waals surface area contributed by atoms with E-state index in [0.29, 0.717) is 35.0 Å². The van der Waals surface area contributed by atoms with E-state index in [1.165, 1.54) is 32.1 Å². The summed E-state index contributed by atoms with van der Waals surface area (Å²) in [5, 5.41) is 10.3. The molecule has 5 aliphatic rings. The highest BCUT2D eigenvalue weighted by molar-refractivity contribution is 5.76. The van der Waals surface area contributed by atoms with Crippen LogP contribution in [0.25, 0.3) is 0 Å². The number of nitrogens with two attached hydrogens (primary N) is 1. The lowest BCUT2D eigenvalue weighted by molar-refractivity contribution is -0.132. The van der Waals surface area contributed by atoms with Gasteiger partial charge in [0.1, 0.15) is 5.82 Å². The summed E-state index contributed by atoms with van der Waals surface area (Å²) in [6.07, 6.45) is 15.4. The van der Waals surface area contributed by atoms with Gasteiger partial charge in [-0.15, -0.1) is 0 Å². The SMILES string of the molecule is CC(CCC(=O)N1CCN(c2ccnc(N)n2)CC1)[C@H]1CC[C@H]2[C@@H]3CC=C4C[C@@H](O)CC[C@]4(C)[C@H]3CC[C@]12C. The largest absolute Gasteiger partial charge is 0.393 e. The highest BCUT2D eigenvalue weighted by Gasteiger charge is 2.59. The molecule has 0 aromatic carbocycles. The number of hydrogen-bond donors (Lipinski definition) is 2. The number of carbonyl (C=O) groups excluding carboxylic acids is 1. The van der Waals surface area contributed by atoms with Crippen LogP contribution in [0.2, 0.25) is 0 Å². The first kappa shape index (κ1) is 27.0. The van der Waals surface area contributed by atoms with Crippen LogP contribution in [0.3, 0.4) is 0 Å². The van der Waals surface area contributed by atoms with Crippen molar-refractivity contribution < 1.29 is 9.90 Å². The van der Waals surface area contributed by atoms with Crippen LogP contribution in [-0.2, 0) is 4.79 Å². The van der Waals surface area contributed by atoms with Crippen LogP contribution in [-0.4, -0.2) is 58.2 Å².